The number of allylic oxidation sites excluding steroid dienone is 1. The van der Waals surface area contributed by atoms with Gasteiger partial charge >= 0.3 is 6.03 Å². The summed E-state index contributed by atoms with van der Waals surface area (Å²) in [4.78, 5) is 46.7. The first-order valence-corrected chi connectivity index (χ1v) is 13.7. The first-order valence-electron chi connectivity index (χ1n) is 13.7. The number of amides is 3. The van der Waals surface area contributed by atoms with Crippen molar-refractivity contribution < 1.29 is 14.3 Å². The zero-order chi connectivity index (χ0) is 30.3. The number of nitrogens with two attached hydrogens (primary N) is 1. The fourth-order valence-corrected chi connectivity index (χ4v) is 4.62. The molecule has 0 saturated carbocycles. The van der Waals surface area contributed by atoms with Crippen molar-refractivity contribution in [1.29, 1.82) is 0 Å². The van der Waals surface area contributed by atoms with Gasteiger partial charge in [0.05, 0.1) is 18.7 Å². The maximum absolute atomic E-state index is 12.6. The van der Waals surface area contributed by atoms with E-state index in [1.807, 2.05) is 24.3 Å². The van der Waals surface area contributed by atoms with Crippen molar-refractivity contribution in [3.8, 4) is 11.4 Å². The third-order valence-corrected chi connectivity index (χ3v) is 6.83. The summed E-state index contributed by atoms with van der Waals surface area (Å²) in [5, 5.41) is 6.39. The molecule has 5 rings (SSSR count). The van der Waals surface area contributed by atoms with Crippen molar-refractivity contribution in [3.63, 3.8) is 0 Å². The van der Waals surface area contributed by atoms with Crippen LogP contribution in [0.1, 0.15) is 15.9 Å². The van der Waals surface area contributed by atoms with Gasteiger partial charge in [0.1, 0.15) is 11.6 Å². The highest BCUT2D eigenvalue weighted by Crippen LogP contribution is 2.30. The Bertz CT molecular complexity index is 1680. The van der Waals surface area contributed by atoms with E-state index in [0.29, 0.717) is 54.8 Å². The van der Waals surface area contributed by atoms with Crippen molar-refractivity contribution in [2.24, 2.45) is 10.7 Å². The highest BCUT2D eigenvalue weighted by Gasteiger charge is 2.19. The Labute approximate surface area is 249 Å². The number of aliphatic imine (C=N–C) groups is 1. The number of nitrogens with one attached hydrogen (secondary N) is 2. The van der Waals surface area contributed by atoms with Gasteiger partial charge in [-0.2, -0.15) is 0 Å². The van der Waals surface area contributed by atoms with Crippen LogP contribution < -0.4 is 21.3 Å². The van der Waals surface area contributed by atoms with Crippen LogP contribution >= 0.6 is 0 Å². The number of benzene rings is 2. The number of urea groups is 1. The molecule has 12 nitrogen and oxygen atoms in total. The average Bonchev–Trinajstić information content (AvgIpc) is 3.03. The van der Waals surface area contributed by atoms with Gasteiger partial charge in [0.25, 0.3) is 5.91 Å². The number of fused-ring (bicyclic) bond motifs is 1. The predicted molar refractivity (Wildman–Crippen MR) is 169 cm³/mol. The summed E-state index contributed by atoms with van der Waals surface area (Å²) in [6.07, 6.45) is 4.85. The van der Waals surface area contributed by atoms with E-state index < -0.39 is 6.03 Å². The molecular formula is C31H33N9O3. The molecule has 0 aliphatic carbocycles. The fourth-order valence-electron chi connectivity index (χ4n) is 4.62. The van der Waals surface area contributed by atoms with E-state index in [4.69, 9.17) is 20.4 Å². The summed E-state index contributed by atoms with van der Waals surface area (Å²) >= 11 is 0. The second kappa shape index (κ2) is 13.1. The number of anilines is 3. The van der Waals surface area contributed by atoms with Crippen molar-refractivity contribution in [1.82, 2.24) is 19.9 Å². The zero-order valence-corrected chi connectivity index (χ0v) is 24.2. The van der Waals surface area contributed by atoms with E-state index in [-0.39, 0.29) is 5.91 Å². The maximum atomic E-state index is 12.6. The number of hydrogen-bond donors (Lipinski definition) is 3. The Kier molecular flexibility index (Phi) is 8.87. The van der Waals surface area contributed by atoms with Gasteiger partial charge < -0.3 is 25.6 Å². The molecule has 0 atom stereocenters. The van der Waals surface area contributed by atoms with Gasteiger partial charge in [0.2, 0.25) is 0 Å². The summed E-state index contributed by atoms with van der Waals surface area (Å²) in [6, 6.07) is 15.7. The van der Waals surface area contributed by atoms with E-state index in [0.717, 1.165) is 27.9 Å². The monoisotopic (exact) mass is 579 g/mol. The lowest BCUT2D eigenvalue weighted by molar-refractivity contribution is 0.0827. The minimum atomic E-state index is -0.463. The number of ether oxygens (including phenoxy) is 1. The van der Waals surface area contributed by atoms with Gasteiger partial charge in [-0.1, -0.05) is 6.07 Å². The topological polar surface area (TPSA) is 151 Å². The second-order valence-electron chi connectivity index (χ2n) is 10.00. The van der Waals surface area contributed by atoms with Gasteiger partial charge in [-0.15, -0.1) is 0 Å². The van der Waals surface area contributed by atoms with Crippen LogP contribution in [0.2, 0.25) is 0 Å². The number of rotatable bonds is 7. The first kappa shape index (κ1) is 29.1. The lowest BCUT2D eigenvalue weighted by Crippen LogP contribution is -2.37. The number of pyridine rings is 1. The highest BCUT2D eigenvalue weighted by atomic mass is 16.5. The Morgan fingerprint density at radius 1 is 1.00 bits per heavy atom. The van der Waals surface area contributed by atoms with E-state index in [1.54, 1.807) is 63.9 Å². The van der Waals surface area contributed by atoms with Gasteiger partial charge in [0.15, 0.2) is 5.82 Å². The summed E-state index contributed by atoms with van der Waals surface area (Å²) in [7, 11) is 5.07. The third-order valence-electron chi connectivity index (χ3n) is 6.83. The maximum Gasteiger partial charge on any atom is 0.324 e. The lowest BCUT2D eigenvalue weighted by Gasteiger charge is -2.29. The number of carbonyl (C=O) groups excluding carboxylic acids is 2. The van der Waals surface area contributed by atoms with Crippen molar-refractivity contribution >= 4 is 52.0 Å². The molecule has 3 heterocycles. The molecule has 0 bridgehead atoms. The number of morpholine rings is 1. The van der Waals surface area contributed by atoms with Gasteiger partial charge in [-0.25, -0.2) is 19.7 Å². The number of aromatic nitrogens is 3. The largest absolute Gasteiger partial charge is 0.404 e. The first-order chi connectivity index (χ1) is 20.9. The van der Waals surface area contributed by atoms with Crippen LogP contribution in [-0.4, -0.2) is 85.5 Å². The molecule has 0 unspecified atom stereocenters. The fraction of sp³-hybridized carbons (Fsp3) is 0.226. The van der Waals surface area contributed by atoms with Crippen LogP contribution in [0.15, 0.2) is 72.0 Å². The average molecular weight is 580 g/mol. The van der Waals surface area contributed by atoms with E-state index in [1.165, 1.54) is 11.1 Å². The number of nitrogens with zero attached hydrogens (tertiary/aromatic N) is 6. The van der Waals surface area contributed by atoms with Crippen LogP contribution in [0.4, 0.5) is 22.1 Å². The SMILES string of the molecule is CN=CC(=CN)c1ccc2c(N3CCOCC3)nc(-c3ccc(NC(=O)Nc4ccc(C(=O)N(C)C)cc4)nc3)nc2c1. The zero-order valence-electron chi connectivity index (χ0n) is 24.2. The minimum Gasteiger partial charge on any atom is -0.404 e. The van der Waals surface area contributed by atoms with E-state index in [9.17, 15) is 9.59 Å². The van der Waals surface area contributed by atoms with Crippen LogP contribution in [-0.2, 0) is 4.74 Å². The Hall–Kier alpha value is -5.36. The molecule has 1 aliphatic rings. The van der Waals surface area contributed by atoms with Crippen molar-refractivity contribution in [2.75, 3.05) is 63.0 Å². The lowest BCUT2D eigenvalue weighted by atomic mass is 10.0. The molecule has 1 aliphatic heterocycles. The summed E-state index contributed by atoms with van der Waals surface area (Å²) in [5.74, 6) is 1.56. The summed E-state index contributed by atoms with van der Waals surface area (Å²) in [6.45, 7) is 2.67. The van der Waals surface area contributed by atoms with Crippen LogP contribution in [0, 0.1) is 0 Å². The molecule has 4 N–H and O–H groups in total. The molecule has 0 radical (unpaired) electrons. The van der Waals surface area contributed by atoms with E-state index >= 15 is 0 Å². The Morgan fingerprint density at radius 3 is 2.40 bits per heavy atom. The predicted octanol–water partition coefficient (Wildman–Crippen LogP) is 3.87. The molecule has 43 heavy (non-hydrogen) atoms. The number of carbonyl (C=O) groups is 2. The van der Waals surface area contributed by atoms with Gasteiger partial charge in [0, 0.05) is 80.6 Å². The molecule has 12 heteroatoms. The second-order valence-corrected chi connectivity index (χ2v) is 10.00. The standard InChI is InChI=1S/C31H33N9O3/c1-33-18-23(17-32)21-6-10-25-26(16-21)36-28(38-29(25)40-12-14-43-15-13-40)22-7-11-27(34-19-22)37-31(42)35-24-8-4-20(5-9-24)30(41)39(2)3/h4-11,16-19H,12-15,32H2,1-3H3,(H2,34,35,37,42). The molecule has 220 valence electrons. The van der Waals surface area contributed by atoms with Crippen molar-refractivity contribution in [3.05, 3.63) is 78.1 Å². The number of hydrogen-bond acceptors (Lipinski definition) is 9. The van der Waals surface area contributed by atoms with Crippen molar-refractivity contribution in [2.45, 2.75) is 0 Å². The van der Waals surface area contributed by atoms with Crippen LogP contribution in [0.3, 0.4) is 0 Å². The molecular weight excluding hydrogens is 546 g/mol. The smallest absolute Gasteiger partial charge is 0.324 e. The third kappa shape index (κ3) is 6.76. The van der Waals surface area contributed by atoms with E-state index in [2.05, 4.69) is 25.5 Å². The minimum absolute atomic E-state index is 0.115. The quantitative estimate of drug-likeness (QED) is 0.279. The van der Waals surface area contributed by atoms with Crippen LogP contribution in [0.25, 0.3) is 27.9 Å². The molecule has 2 aromatic heterocycles. The van der Waals surface area contributed by atoms with Gasteiger partial charge in [-0.05, 0) is 54.1 Å². The summed E-state index contributed by atoms with van der Waals surface area (Å²) in [5.41, 5.74) is 10.1. The summed E-state index contributed by atoms with van der Waals surface area (Å²) < 4.78 is 5.56. The molecule has 2 aromatic carbocycles. The Morgan fingerprint density at radius 2 is 1.74 bits per heavy atom. The normalized spacial score (nSPS) is 13.7. The molecule has 3 amide bonds. The molecule has 1 fully saturated rings. The molecule has 4 aromatic rings. The van der Waals surface area contributed by atoms with Crippen LogP contribution in [0.5, 0.6) is 0 Å². The Balaban J connectivity index is 1.38. The van der Waals surface area contributed by atoms with Gasteiger partial charge in [-0.3, -0.25) is 15.1 Å². The molecule has 1 saturated heterocycles. The molecule has 0 spiro atoms. The highest BCUT2D eigenvalue weighted by molar-refractivity contribution is 6.10.